The van der Waals surface area contributed by atoms with Gasteiger partial charge in [0.25, 0.3) is 0 Å². The maximum Gasteiger partial charge on any atom is 0.335 e. The van der Waals surface area contributed by atoms with Gasteiger partial charge in [-0.15, -0.1) is 6.42 Å². The minimum atomic E-state index is -0.958. The van der Waals surface area contributed by atoms with Gasteiger partial charge in [0.2, 0.25) is 0 Å². The Morgan fingerprint density at radius 3 is 2.85 bits per heavy atom. The van der Waals surface area contributed by atoms with Crippen LogP contribution in [0, 0.1) is 12.3 Å². The molecular formula is C15H16N2O3. The van der Waals surface area contributed by atoms with Crippen molar-refractivity contribution in [3.8, 4) is 12.3 Å². The zero-order chi connectivity index (χ0) is 14.7. The third-order valence-corrected chi connectivity index (χ3v) is 3.39. The summed E-state index contributed by atoms with van der Waals surface area (Å²) in [6.07, 6.45) is 5.92. The van der Waals surface area contributed by atoms with E-state index in [2.05, 4.69) is 5.92 Å². The van der Waals surface area contributed by atoms with Crippen LogP contribution in [0.2, 0.25) is 0 Å². The van der Waals surface area contributed by atoms with Gasteiger partial charge in [0.1, 0.15) is 0 Å². The number of fused-ring (bicyclic) bond motifs is 1. The van der Waals surface area contributed by atoms with E-state index < -0.39 is 5.97 Å². The summed E-state index contributed by atoms with van der Waals surface area (Å²) in [6, 6.07) is 4.70. The monoisotopic (exact) mass is 272 g/mol. The highest BCUT2D eigenvalue weighted by Crippen LogP contribution is 2.29. The molecule has 20 heavy (non-hydrogen) atoms. The maximum atomic E-state index is 12.4. The fraction of sp³-hybridized carbons (Fsp3) is 0.333. The van der Waals surface area contributed by atoms with Gasteiger partial charge in [0.05, 0.1) is 12.1 Å². The Labute approximate surface area is 117 Å². The molecule has 5 nitrogen and oxygen atoms in total. The Bertz CT molecular complexity index is 589. The van der Waals surface area contributed by atoms with Crippen molar-refractivity contribution >= 4 is 17.7 Å². The van der Waals surface area contributed by atoms with Crippen molar-refractivity contribution in [1.82, 2.24) is 4.90 Å². The summed E-state index contributed by atoms with van der Waals surface area (Å²) in [7, 11) is 0. The molecule has 0 aromatic heterocycles. The highest BCUT2D eigenvalue weighted by molar-refractivity contribution is 5.96. The van der Waals surface area contributed by atoms with Crippen molar-refractivity contribution in [1.29, 1.82) is 0 Å². The molecule has 2 rings (SSSR count). The molecule has 1 aliphatic rings. The predicted molar refractivity (Wildman–Crippen MR) is 75.9 cm³/mol. The lowest BCUT2D eigenvalue weighted by Crippen LogP contribution is -2.42. The lowest BCUT2D eigenvalue weighted by Gasteiger charge is -2.25. The average molecular weight is 272 g/mol. The van der Waals surface area contributed by atoms with E-state index in [1.807, 2.05) is 6.92 Å². The number of nitrogens with zero attached hydrogens (tertiary/aromatic N) is 2. The Balaban J connectivity index is 2.26. The predicted octanol–water partition coefficient (Wildman–Crippen LogP) is 1.82. The van der Waals surface area contributed by atoms with Crippen molar-refractivity contribution in [2.24, 2.45) is 0 Å². The topological polar surface area (TPSA) is 60.9 Å². The number of amides is 2. The van der Waals surface area contributed by atoms with Crippen LogP contribution in [0.1, 0.15) is 22.8 Å². The summed E-state index contributed by atoms with van der Waals surface area (Å²) < 4.78 is 0. The first kappa shape index (κ1) is 13.9. The second-order valence-electron chi connectivity index (χ2n) is 4.55. The van der Waals surface area contributed by atoms with Crippen LogP contribution in [0.15, 0.2) is 18.2 Å². The van der Waals surface area contributed by atoms with Gasteiger partial charge < -0.3 is 10.0 Å². The van der Waals surface area contributed by atoms with E-state index in [4.69, 9.17) is 11.5 Å². The normalized spacial score (nSPS) is 12.7. The molecule has 2 amide bonds. The van der Waals surface area contributed by atoms with Crippen LogP contribution in [0.25, 0.3) is 0 Å². The zero-order valence-corrected chi connectivity index (χ0v) is 11.3. The van der Waals surface area contributed by atoms with Gasteiger partial charge in [-0.05, 0) is 37.1 Å². The van der Waals surface area contributed by atoms with Crippen molar-refractivity contribution in [2.45, 2.75) is 13.3 Å². The number of carbonyl (C=O) groups is 2. The summed E-state index contributed by atoms with van der Waals surface area (Å²) in [5, 5.41) is 8.98. The fourth-order valence-electron chi connectivity index (χ4n) is 2.33. The number of carboxylic acid groups (broad SMARTS) is 1. The van der Waals surface area contributed by atoms with Gasteiger partial charge in [-0.25, -0.2) is 9.59 Å². The van der Waals surface area contributed by atoms with E-state index in [1.165, 1.54) is 6.07 Å². The third kappa shape index (κ3) is 2.45. The molecule has 1 aromatic carbocycles. The van der Waals surface area contributed by atoms with Gasteiger partial charge >= 0.3 is 12.0 Å². The largest absolute Gasteiger partial charge is 0.478 e. The molecule has 1 N–H and O–H groups in total. The molecule has 1 heterocycles. The number of rotatable bonds is 3. The molecule has 0 radical (unpaired) electrons. The molecule has 5 heteroatoms. The van der Waals surface area contributed by atoms with E-state index >= 15 is 0 Å². The molecule has 1 aliphatic heterocycles. The zero-order valence-electron chi connectivity index (χ0n) is 11.3. The molecule has 0 saturated heterocycles. The molecule has 104 valence electrons. The molecule has 0 aliphatic carbocycles. The number of anilines is 1. The number of urea groups is 1. The SMILES string of the molecule is C#CCN(CC)C(=O)N1CCc2cc(C(=O)O)ccc21. The number of terminal acetylenes is 1. The van der Waals surface area contributed by atoms with E-state index in [9.17, 15) is 9.59 Å². The molecule has 0 unspecified atom stereocenters. The van der Waals surface area contributed by atoms with Crippen molar-refractivity contribution in [3.05, 3.63) is 29.3 Å². The Hall–Kier alpha value is -2.48. The second-order valence-corrected chi connectivity index (χ2v) is 4.55. The lowest BCUT2D eigenvalue weighted by molar-refractivity contribution is 0.0697. The second kappa shape index (κ2) is 5.66. The van der Waals surface area contributed by atoms with Gasteiger partial charge in [-0.3, -0.25) is 4.90 Å². The number of hydrogen-bond donors (Lipinski definition) is 1. The van der Waals surface area contributed by atoms with Crippen LogP contribution in [0.5, 0.6) is 0 Å². The first-order chi connectivity index (χ1) is 9.58. The number of benzene rings is 1. The highest BCUT2D eigenvalue weighted by Gasteiger charge is 2.28. The fourth-order valence-corrected chi connectivity index (χ4v) is 2.33. The number of carboxylic acids is 1. The Morgan fingerprint density at radius 2 is 2.25 bits per heavy atom. The Kier molecular flexibility index (Phi) is 3.94. The maximum absolute atomic E-state index is 12.4. The Morgan fingerprint density at radius 1 is 1.50 bits per heavy atom. The van der Waals surface area contributed by atoms with Gasteiger partial charge in [-0.2, -0.15) is 0 Å². The van der Waals surface area contributed by atoms with E-state index in [1.54, 1.807) is 21.9 Å². The summed E-state index contributed by atoms with van der Waals surface area (Å²) in [5.41, 5.74) is 1.90. The van der Waals surface area contributed by atoms with Gasteiger partial charge in [0, 0.05) is 18.8 Å². The highest BCUT2D eigenvalue weighted by atomic mass is 16.4. The summed E-state index contributed by atoms with van der Waals surface area (Å²) in [4.78, 5) is 26.6. The first-order valence-corrected chi connectivity index (χ1v) is 6.44. The van der Waals surface area contributed by atoms with Gasteiger partial charge in [0.15, 0.2) is 0 Å². The molecule has 0 spiro atoms. The summed E-state index contributed by atoms with van der Waals surface area (Å²) in [6.45, 7) is 3.24. The van der Waals surface area contributed by atoms with E-state index in [-0.39, 0.29) is 18.1 Å². The summed E-state index contributed by atoms with van der Waals surface area (Å²) >= 11 is 0. The molecular weight excluding hydrogens is 256 g/mol. The number of hydrogen-bond acceptors (Lipinski definition) is 2. The minimum Gasteiger partial charge on any atom is -0.478 e. The number of aromatic carboxylic acids is 1. The van der Waals surface area contributed by atoms with Crippen LogP contribution in [0.3, 0.4) is 0 Å². The van der Waals surface area contributed by atoms with Crippen LogP contribution >= 0.6 is 0 Å². The minimum absolute atomic E-state index is 0.132. The molecule has 1 aromatic rings. The third-order valence-electron chi connectivity index (χ3n) is 3.39. The average Bonchev–Trinajstić information content (AvgIpc) is 2.86. The van der Waals surface area contributed by atoms with Crippen molar-refractivity contribution < 1.29 is 14.7 Å². The van der Waals surface area contributed by atoms with Crippen molar-refractivity contribution in [2.75, 3.05) is 24.5 Å². The molecule has 0 fully saturated rings. The van der Waals surface area contributed by atoms with E-state index in [0.29, 0.717) is 19.5 Å². The quantitative estimate of drug-likeness (QED) is 0.854. The van der Waals surface area contributed by atoms with Crippen LogP contribution in [-0.4, -0.2) is 41.6 Å². The van der Waals surface area contributed by atoms with Crippen molar-refractivity contribution in [3.63, 3.8) is 0 Å². The number of carbonyl (C=O) groups excluding carboxylic acids is 1. The summed E-state index contributed by atoms with van der Waals surface area (Å²) in [5.74, 6) is 1.51. The lowest BCUT2D eigenvalue weighted by atomic mass is 10.1. The van der Waals surface area contributed by atoms with Crippen LogP contribution < -0.4 is 4.90 Å². The molecule has 0 saturated carbocycles. The molecule has 0 bridgehead atoms. The smallest absolute Gasteiger partial charge is 0.335 e. The molecule has 0 atom stereocenters. The standard InChI is InChI=1S/C15H16N2O3/c1-3-8-16(4-2)15(20)17-9-7-11-10-12(14(18)19)5-6-13(11)17/h1,5-6,10H,4,7-9H2,2H3,(H,18,19). The van der Waals surface area contributed by atoms with E-state index in [0.717, 1.165) is 11.3 Å². The van der Waals surface area contributed by atoms with Crippen LogP contribution in [-0.2, 0) is 6.42 Å². The first-order valence-electron chi connectivity index (χ1n) is 6.44. The van der Waals surface area contributed by atoms with Gasteiger partial charge in [-0.1, -0.05) is 5.92 Å². The van der Waals surface area contributed by atoms with Crippen LogP contribution in [0.4, 0.5) is 10.5 Å².